The summed E-state index contributed by atoms with van der Waals surface area (Å²) in [6, 6.07) is 15.7. The normalized spacial score (nSPS) is 11.1. The number of carbonyl (C=O) groups is 1. The molecule has 3 aromatic heterocycles. The summed E-state index contributed by atoms with van der Waals surface area (Å²) in [6.45, 7) is 0. The fourth-order valence-electron chi connectivity index (χ4n) is 3.34. The standard InChI is InChI=1S/C21H15N5O/c27-21(13-3-2-7-22-11-13)25-19-9-14(10-20-17(19)12-24-26-20)15-4-1-5-18-16(15)6-8-23-18/h1-12,23H,(H,24,26)(H,25,27). The Morgan fingerprint density at radius 1 is 0.963 bits per heavy atom. The number of aromatic amines is 2. The minimum atomic E-state index is -0.206. The summed E-state index contributed by atoms with van der Waals surface area (Å²) in [4.78, 5) is 19.9. The van der Waals surface area contributed by atoms with Gasteiger partial charge in [-0.05, 0) is 47.5 Å². The average Bonchev–Trinajstić information content (AvgIpc) is 3.37. The van der Waals surface area contributed by atoms with Crippen LogP contribution < -0.4 is 5.32 Å². The van der Waals surface area contributed by atoms with Gasteiger partial charge in [-0.15, -0.1) is 0 Å². The van der Waals surface area contributed by atoms with Gasteiger partial charge in [-0.3, -0.25) is 14.9 Å². The first-order chi connectivity index (χ1) is 13.3. The lowest BCUT2D eigenvalue weighted by Gasteiger charge is -2.10. The summed E-state index contributed by atoms with van der Waals surface area (Å²) >= 11 is 0. The number of rotatable bonds is 3. The smallest absolute Gasteiger partial charge is 0.257 e. The summed E-state index contributed by atoms with van der Waals surface area (Å²) in [6.07, 6.45) is 6.83. The Labute approximate surface area is 154 Å². The molecule has 5 aromatic rings. The van der Waals surface area contributed by atoms with Crippen molar-refractivity contribution in [2.45, 2.75) is 0 Å². The molecule has 0 saturated heterocycles. The van der Waals surface area contributed by atoms with Crippen molar-refractivity contribution < 1.29 is 4.79 Å². The highest BCUT2D eigenvalue weighted by atomic mass is 16.1. The number of nitrogens with zero attached hydrogens (tertiary/aromatic N) is 2. The number of fused-ring (bicyclic) bond motifs is 2. The van der Waals surface area contributed by atoms with E-state index in [1.54, 1.807) is 30.7 Å². The quantitative estimate of drug-likeness (QED) is 0.450. The molecule has 6 nitrogen and oxygen atoms in total. The van der Waals surface area contributed by atoms with Crippen molar-refractivity contribution >= 4 is 33.4 Å². The van der Waals surface area contributed by atoms with Gasteiger partial charge in [0.05, 0.1) is 23.0 Å². The molecule has 0 atom stereocenters. The molecule has 0 aliphatic carbocycles. The Bertz CT molecular complexity index is 1270. The molecule has 27 heavy (non-hydrogen) atoms. The van der Waals surface area contributed by atoms with Crippen LogP contribution >= 0.6 is 0 Å². The molecule has 6 heteroatoms. The van der Waals surface area contributed by atoms with Crippen LogP contribution in [0, 0.1) is 0 Å². The van der Waals surface area contributed by atoms with Crippen molar-refractivity contribution in [2.24, 2.45) is 0 Å². The molecule has 0 spiro atoms. The fourth-order valence-corrected chi connectivity index (χ4v) is 3.34. The van der Waals surface area contributed by atoms with Crippen LogP contribution in [0.3, 0.4) is 0 Å². The van der Waals surface area contributed by atoms with Crippen LogP contribution in [0.5, 0.6) is 0 Å². The lowest BCUT2D eigenvalue weighted by molar-refractivity contribution is 0.102. The van der Waals surface area contributed by atoms with E-state index in [-0.39, 0.29) is 5.91 Å². The molecule has 0 aliphatic rings. The van der Waals surface area contributed by atoms with Gasteiger partial charge in [0, 0.05) is 34.9 Å². The second-order valence-electron chi connectivity index (χ2n) is 6.30. The first-order valence-corrected chi connectivity index (χ1v) is 8.54. The van der Waals surface area contributed by atoms with Gasteiger partial charge in [0.1, 0.15) is 0 Å². The highest BCUT2D eigenvalue weighted by Crippen LogP contribution is 2.34. The zero-order chi connectivity index (χ0) is 18.2. The van der Waals surface area contributed by atoms with Gasteiger partial charge < -0.3 is 10.3 Å². The maximum Gasteiger partial charge on any atom is 0.257 e. The molecule has 3 N–H and O–H groups in total. The predicted molar refractivity (Wildman–Crippen MR) is 106 cm³/mol. The Hall–Kier alpha value is -3.93. The van der Waals surface area contributed by atoms with Crippen LogP contribution in [-0.4, -0.2) is 26.1 Å². The third-order valence-corrected chi connectivity index (χ3v) is 4.64. The molecule has 0 bridgehead atoms. The van der Waals surface area contributed by atoms with Gasteiger partial charge in [-0.1, -0.05) is 12.1 Å². The molecule has 0 unspecified atom stereocenters. The average molecular weight is 353 g/mol. The summed E-state index contributed by atoms with van der Waals surface area (Å²) in [5.74, 6) is -0.206. The number of H-pyrrole nitrogens is 2. The largest absolute Gasteiger partial charge is 0.361 e. The van der Waals surface area contributed by atoms with Gasteiger partial charge in [-0.2, -0.15) is 5.10 Å². The number of aromatic nitrogens is 4. The van der Waals surface area contributed by atoms with E-state index >= 15 is 0 Å². The van der Waals surface area contributed by atoms with E-state index in [1.165, 1.54) is 0 Å². The van der Waals surface area contributed by atoms with E-state index in [0.29, 0.717) is 11.3 Å². The maximum absolute atomic E-state index is 12.6. The molecule has 5 rings (SSSR count). The van der Waals surface area contributed by atoms with Crippen LogP contribution in [0.25, 0.3) is 32.9 Å². The Kier molecular flexibility index (Phi) is 3.47. The number of pyridine rings is 1. The first-order valence-electron chi connectivity index (χ1n) is 8.54. The number of anilines is 1. The number of nitrogens with one attached hydrogen (secondary N) is 3. The van der Waals surface area contributed by atoms with Crippen LogP contribution in [0.2, 0.25) is 0 Å². The monoisotopic (exact) mass is 353 g/mol. The van der Waals surface area contributed by atoms with E-state index in [2.05, 4.69) is 37.6 Å². The molecule has 0 saturated carbocycles. The lowest BCUT2D eigenvalue weighted by Crippen LogP contribution is -2.12. The van der Waals surface area contributed by atoms with Gasteiger partial charge in [0.25, 0.3) is 5.91 Å². The zero-order valence-electron chi connectivity index (χ0n) is 14.2. The minimum absolute atomic E-state index is 0.206. The maximum atomic E-state index is 12.6. The van der Waals surface area contributed by atoms with Gasteiger partial charge in [0.15, 0.2) is 0 Å². The van der Waals surface area contributed by atoms with Gasteiger partial charge >= 0.3 is 0 Å². The van der Waals surface area contributed by atoms with Crippen molar-refractivity contribution in [3.63, 3.8) is 0 Å². The molecule has 2 aromatic carbocycles. The highest BCUT2D eigenvalue weighted by molar-refractivity contribution is 6.10. The van der Waals surface area contributed by atoms with Crippen LogP contribution in [-0.2, 0) is 0 Å². The SMILES string of the molecule is O=C(Nc1cc(-c2cccc3[nH]ccc23)cc2[nH]ncc12)c1cccnc1. The summed E-state index contributed by atoms with van der Waals surface area (Å²) in [7, 11) is 0. The first kappa shape index (κ1) is 15.3. The number of benzene rings is 2. The van der Waals surface area contributed by atoms with E-state index in [1.807, 2.05) is 30.5 Å². The minimum Gasteiger partial charge on any atom is -0.361 e. The molecule has 0 fully saturated rings. The van der Waals surface area contributed by atoms with E-state index in [0.717, 1.165) is 32.9 Å². The molecule has 0 radical (unpaired) electrons. The van der Waals surface area contributed by atoms with Crippen molar-refractivity contribution in [3.8, 4) is 11.1 Å². The molecular weight excluding hydrogens is 338 g/mol. The Morgan fingerprint density at radius 2 is 1.93 bits per heavy atom. The van der Waals surface area contributed by atoms with Crippen molar-refractivity contribution in [3.05, 3.63) is 78.9 Å². The molecular formula is C21H15N5O. The van der Waals surface area contributed by atoms with Gasteiger partial charge in [-0.25, -0.2) is 0 Å². The number of amides is 1. The number of carbonyl (C=O) groups excluding carboxylic acids is 1. The Balaban J connectivity index is 1.64. The van der Waals surface area contributed by atoms with Crippen LogP contribution in [0.15, 0.2) is 73.3 Å². The fraction of sp³-hybridized carbons (Fsp3) is 0. The Morgan fingerprint density at radius 3 is 2.81 bits per heavy atom. The second kappa shape index (κ2) is 6.10. The van der Waals surface area contributed by atoms with Crippen molar-refractivity contribution in [2.75, 3.05) is 5.32 Å². The zero-order valence-corrected chi connectivity index (χ0v) is 14.2. The molecule has 130 valence electrons. The van der Waals surface area contributed by atoms with Gasteiger partial charge in [0.2, 0.25) is 0 Å². The third-order valence-electron chi connectivity index (χ3n) is 4.64. The van der Waals surface area contributed by atoms with Crippen LogP contribution in [0.4, 0.5) is 5.69 Å². The van der Waals surface area contributed by atoms with Crippen molar-refractivity contribution in [1.82, 2.24) is 20.2 Å². The lowest BCUT2D eigenvalue weighted by atomic mass is 9.99. The second-order valence-corrected chi connectivity index (χ2v) is 6.30. The predicted octanol–water partition coefficient (Wildman–Crippen LogP) is 4.36. The molecule has 1 amide bonds. The van der Waals surface area contributed by atoms with Crippen LogP contribution in [0.1, 0.15) is 10.4 Å². The van der Waals surface area contributed by atoms with E-state index in [4.69, 9.17) is 0 Å². The summed E-state index contributed by atoms with van der Waals surface area (Å²) in [5.41, 5.74) is 5.23. The summed E-state index contributed by atoms with van der Waals surface area (Å²) < 4.78 is 0. The topological polar surface area (TPSA) is 86.5 Å². The molecule has 0 aliphatic heterocycles. The highest BCUT2D eigenvalue weighted by Gasteiger charge is 2.13. The van der Waals surface area contributed by atoms with Crippen molar-refractivity contribution in [1.29, 1.82) is 0 Å². The third kappa shape index (κ3) is 2.64. The number of hydrogen-bond acceptors (Lipinski definition) is 3. The van der Waals surface area contributed by atoms with E-state index in [9.17, 15) is 4.79 Å². The molecule has 3 heterocycles. The van der Waals surface area contributed by atoms with E-state index < -0.39 is 0 Å². The summed E-state index contributed by atoms with van der Waals surface area (Å²) in [5, 5.41) is 12.1. The number of hydrogen-bond donors (Lipinski definition) is 3.